The van der Waals surface area contributed by atoms with Crippen LogP contribution in [-0.2, 0) is 16.4 Å². The number of nitrogens with one attached hydrogen (secondary N) is 1. The lowest BCUT2D eigenvalue weighted by atomic mass is 10.2. The maximum absolute atomic E-state index is 11.7. The third-order valence-electron chi connectivity index (χ3n) is 2.21. The molecule has 1 aromatic carbocycles. The van der Waals surface area contributed by atoms with Gasteiger partial charge in [-0.2, -0.15) is 0 Å². The van der Waals surface area contributed by atoms with Crippen molar-refractivity contribution in [3.05, 3.63) is 29.8 Å². The van der Waals surface area contributed by atoms with E-state index in [0.29, 0.717) is 18.0 Å². The van der Waals surface area contributed by atoms with Gasteiger partial charge in [0.1, 0.15) is 0 Å². The minimum atomic E-state index is -3.34. The molecular formula is C11H18N2O2S. The van der Waals surface area contributed by atoms with E-state index in [9.17, 15) is 8.42 Å². The molecule has 0 aliphatic carbocycles. The molecule has 0 radical (unpaired) electrons. The molecule has 0 saturated carbocycles. The summed E-state index contributed by atoms with van der Waals surface area (Å²) in [5, 5.41) is 0. The standard InChI is InChI=1S/C11H18N2O2S/c1-2-9-13-16(14,15)11-5-3-10(4-6-11)7-8-12/h3-6,13H,2,7-9,12H2,1H3. The van der Waals surface area contributed by atoms with Crippen LogP contribution in [-0.4, -0.2) is 21.5 Å². The molecule has 0 aliphatic rings. The highest BCUT2D eigenvalue weighted by Gasteiger charge is 2.11. The van der Waals surface area contributed by atoms with Gasteiger partial charge < -0.3 is 5.73 Å². The van der Waals surface area contributed by atoms with Crippen molar-refractivity contribution in [2.24, 2.45) is 5.73 Å². The zero-order valence-corrected chi connectivity index (χ0v) is 10.3. The Morgan fingerprint density at radius 1 is 1.25 bits per heavy atom. The van der Waals surface area contributed by atoms with Gasteiger partial charge in [0.25, 0.3) is 0 Å². The van der Waals surface area contributed by atoms with Crippen molar-refractivity contribution in [1.82, 2.24) is 4.72 Å². The molecule has 0 amide bonds. The van der Waals surface area contributed by atoms with E-state index in [-0.39, 0.29) is 0 Å². The summed E-state index contributed by atoms with van der Waals surface area (Å²) in [6, 6.07) is 6.83. The summed E-state index contributed by atoms with van der Waals surface area (Å²) < 4.78 is 26.0. The van der Waals surface area contributed by atoms with E-state index in [1.807, 2.05) is 6.92 Å². The predicted molar refractivity (Wildman–Crippen MR) is 64.7 cm³/mol. The Kier molecular flexibility index (Phi) is 4.92. The van der Waals surface area contributed by atoms with E-state index >= 15 is 0 Å². The fourth-order valence-electron chi connectivity index (χ4n) is 1.32. The minimum absolute atomic E-state index is 0.307. The lowest BCUT2D eigenvalue weighted by molar-refractivity contribution is 0.581. The van der Waals surface area contributed by atoms with Gasteiger partial charge >= 0.3 is 0 Å². The molecule has 0 aliphatic heterocycles. The van der Waals surface area contributed by atoms with E-state index in [1.54, 1.807) is 24.3 Å². The second-order valence-electron chi connectivity index (χ2n) is 3.58. The average molecular weight is 242 g/mol. The largest absolute Gasteiger partial charge is 0.330 e. The van der Waals surface area contributed by atoms with Gasteiger partial charge in [0.15, 0.2) is 0 Å². The minimum Gasteiger partial charge on any atom is -0.330 e. The van der Waals surface area contributed by atoms with Crippen LogP contribution in [0.4, 0.5) is 0 Å². The van der Waals surface area contributed by atoms with Crippen LogP contribution in [0.2, 0.25) is 0 Å². The highest BCUT2D eigenvalue weighted by Crippen LogP contribution is 2.10. The van der Waals surface area contributed by atoms with Crippen LogP contribution in [0.25, 0.3) is 0 Å². The molecule has 3 N–H and O–H groups in total. The maximum atomic E-state index is 11.7. The molecule has 1 rings (SSSR count). The quantitative estimate of drug-likeness (QED) is 0.777. The van der Waals surface area contributed by atoms with Gasteiger partial charge in [-0.1, -0.05) is 19.1 Å². The van der Waals surface area contributed by atoms with Crippen molar-refractivity contribution in [3.8, 4) is 0 Å². The Bertz CT molecular complexity index is 412. The molecule has 0 atom stereocenters. The summed E-state index contributed by atoms with van der Waals surface area (Å²) in [6.45, 7) is 2.96. The van der Waals surface area contributed by atoms with E-state index < -0.39 is 10.0 Å². The molecule has 0 aromatic heterocycles. The summed E-state index contributed by atoms with van der Waals surface area (Å²) in [5.74, 6) is 0. The normalized spacial score (nSPS) is 11.6. The lowest BCUT2D eigenvalue weighted by Crippen LogP contribution is -2.24. The molecule has 0 fully saturated rings. The monoisotopic (exact) mass is 242 g/mol. The van der Waals surface area contributed by atoms with Gasteiger partial charge in [-0.05, 0) is 37.1 Å². The molecule has 0 saturated heterocycles. The summed E-state index contributed by atoms with van der Waals surface area (Å²) in [4.78, 5) is 0.307. The first-order valence-corrected chi connectivity index (χ1v) is 6.87. The van der Waals surface area contributed by atoms with Crippen molar-refractivity contribution in [3.63, 3.8) is 0 Å². The van der Waals surface area contributed by atoms with Crippen molar-refractivity contribution in [2.45, 2.75) is 24.7 Å². The van der Waals surface area contributed by atoms with Gasteiger partial charge in [-0.15, -0.1) is 0 Å². The van der Waals surface area contributed by atoms with Crippen molar-refractivity contribution >= 4 is 10.0 Å². The lowest BCUT2D eigenvalue weighted by Gasteiger charge is -2.06. The predicted octanol–water partition coefficient (Wildman–Crippen LogP) is 0.876. The van der Waals surface area contributed by atoms with Gasteiger partial charge in [0, 0.05) is 6.54 Å². The number of hydrogen-bond acceptors (Lipinski definition) is 3. The zero-order chi connectivity index (χ0) is 12.0. The fourth-order valence-corrected chi connectivity index (χ4v) is 2.46. The van der Waals surface area contributed by atoms with E-state index in [2.05, 4.69) is 4.72 Å². The van der Waals surface area contributed by atoms with Gasteiger partial charge in [0.2, 0.25) is 10.0 Å². The Hall–Kier alpha value is -0.910. The first-order valence-electron chi connectivity index (χ1n) is 5.39. The average Bonchev–Trinajstić information content (AvgIpc) is 2.28. The Labute approximate surface area is 96.9 Å². The number of sulfonamides is 1. The number of nitrogens with two attached hydrogens (primary N) is 1. The number of hydrogen-bond donors (Lipinski definition) is 2. The van der Waals surface area contributed by atoms with E-state index in [1.165, 1.54) is 0 Å². The number of rotatable bonds is 6. The summed E-state index contributed by atoms with van der Waals surface area (Å²) >= 11 is 0. The van der Waals surface area contributed by atoms with Crippen LogP contribution in [0.1, 0.15) is 18.9 Å². The molecule has 0 heterocycles. The van der Waals surface area contributed by atoms with E-state index in [4.69, 9.17) is 5.73 Å². The Morgan fingerprint density at radius 2 is 1.88 bits per heavy atom. The SMILES string of the molecule is CCCNS(=O)(=O)c1ccc(CCN)cc1. The van der Waals surface area contributed by atoms with Crippen LogP contribution in [0.15, 0.2) is 29.2 Å². The highest BCUT2D eigenvalue weighted by molar-refractivity contribution is 7.89. The molecule has 0 bridgehead atoms. The highest BCUT2D eigenvalue weighted by atomic mass is 32.2. The third kappa shape index (κ3) is 3.59. The van der Waals surface area contributed by atoms with Crippen molar-refractivity contribution in [1.29, 1.82) is 0 Å². The van der Waals surface area contributed by atoms with Crippen molar-refractivity contribution in [2.75, 3.05) is 13.1 Å². The van der Waals surface area contributed by atoms with Gasteiger partial charge in [-0.3, -0.25) is 0 Å². The third-order valence-corrected chi connectivity index (χ3v) is 3.69. The van der Waals surface area contributed by atoms with Crippen LogP contribution >= 0.6 is 0 Å². The second-order valence-corrected chi connectivity index (χ2v) is 5.35. The Morgan fingerprint density at radius 3 is 2.38 bits per heavy atom. The maximum Gasteiger partial charge on any atom is 0.240 e. The first-order chi connectivity index (χ1) is 7.60. The van der Waals surface area contributed by atoms with Crippen LogP contribution in [0.3, 0.4) is 0 Å². The summed E-state index contributed by atoms with van der Waals surface area (Å²) in [7, 11) is -3.34. The molecule has 0 unspecified atom stereocenters. The smallest absolute Gasteiger partial charge is 0.240 e. The summed E-state index contributed by atoms with van der Waals surface area (Å²) in [6.07, 6.45) is 1.55. The number of benzene rings is 1. The molecular weight excluding hydrogens is 224 g/mol. The van der Waals surface area contributed by atoms with E-state index in [0.717, 1.165) is 18.4 Å². The fraction of sp³-hybridized carbons (Fsp3) is 0.455. The van der Waals surface area contributed by atoms with Crippen molar-refractivity contribution < 1.29 is 8.42 Å². The topological polar surface area (TPSA) is 72.2 Å². The molecule has 4 nitrogen and oxygen atoms in total. The second kappa shape index (κ2) is 5.98. The zero-order valence-electron chi connectivity index (χ0n) is 9.44. The summed E-state index contributed by atoms with van der Waals surface area (Å²) in [5.41, 5.74) is 6.47. The van der Waals surface area contributed by atoms with Crippen LogP contribution in [0.5, 0.6) is 0 Å². The van der Waals surface area contributed by atoms with Crippen LogP contribution in [0, 0.1) is 0 Å². The molecule has 16 heavy (non-hydrogen) atoms. The molecule has 5 heteroatoms. The van der Waals surface area contributed by atoms with Gasteiger partial charge in [0.05, 0.1) is 4.90 Å². The first kappa shape index (κ1) is 13.2. The van der Waals surface area contributed by atoms with Gasteiger partial charge in [-0.25, -0.2) is 13.1 Å². The Balaban J connectivity index is 2.80. The van der Waals surface area contributed by atoms with Crippen LogP contribution < -0.4 is 10.5 Å². The molecule has 0 spiro atoms. The molecule has 90 valence electrons. The molecule has 1 aromatic rings.